The Morgan fingerprint density at radius 3 is 2.55 bits per heavy atom. The lowest BCUT2D eigenvalue weighted by molar-refractivity contribution is 0.0697. The van der Waals surface area contributed by atoms with Gasteiger partial charge >= 0.3 is 5.97 Å². The molecular weight excluding hydrogens is 365 g/mol. The Bertz CT molecular complexity index is 662. The second-order valence-corrected chi connectivity index (χ2v) is 5.77. The molecule has 6 heteroatoms. The summed E-state index contributed by atoms with van der Waals surface area (Å²) < 4.78 is 0.836. The van der Waals surface area contributed by atoms with Gasteiger partial charge in [-0.25, -0.2) is 4.79 Å². The molecule has 0 bridgehead atoms. The fourth-order valence-electron chi connectivity index (χ4n) is 1.65. The van der Waals surface area contributed by atoms with Crippen LogP contribution >= 0.6 is 39.1 Å². The van der Waals surface area contributed by atoms with E-state index in [9.17, 15) is 4.79 Å². The Morgan fingerprint density at radius 2 is 1.90 bits per heavy atom. The predicted molar refractivity (Wildman–Crippen MR) is 84.9 cm³/mol. The van der Waals surface area contributed by atoms with Crippen LogP contribution in [0.25, 0.3) is 0 Å². The quantitative estimate of drug-likeness (QED) is 0.785. The largest absolute Gasteiger partial charge is 0.478 e. The molecule has 0 amide bonds. The molecule has 0 saturated heterocycles. The van der Waals surface area contributed by atoms with E-state index in [1.54, 1.807) is 12.1 Å². The number of hydrogen-bond acceptors (Lipinski definition) is 2. The van der Waals surface area contributed by atoms with E-state index in [1.165, 1.54) is 6.07 Å². The van der Waals surface area contributed by atoms with Gasteiger partial charge in [-0.2, -0.15) is 0 Å². The number of nitrogens with one attached hydrogen (secondary N) is 1. The number of carboxylic acids is 1. The third-order valence-corrected chi connectivity index (χ3v) is 4.24. The lowest BCUT2D eigenvalue weighted by Gasteiger charge is -2.09. The molecule has 3 nitrogen and oxygen atoms in total. The molecule has 104 valence electrons. The molecule has 0 radical (unpaired) electrons. The molecule has 2 rings (SSSR count). The number of rotatable bonds is 4. The van der Waals surface area contributed by atoms with Crippen LogP contribution in [0.2, 0.25) is 10.0 Å². The zero-order valence-electron chi connectivity index (χ0n) is 10.2. The van der Waals surface area contributed by atoms with Gasteiger partial charge in [0.15, 0.2) is 0 Å². The molecule has 0 atom stereocenters. The molecule has 0 fully saturated rings. The van der Waals surface area contributed by atoms with E-state index in [0.29, 0.717) is 17.3 Å². The van der Waals surface area contributed by atoms with E-state index in [-0.39, 0.29) is 10.6 Å². The molecule has 0 aliphatic heterocycles. The topological polar surface area (TPSA) is 49.3 Å². The van der Waals surface area contributed by atoms with Gasteiger partial charge in [0.25, 0.3) is 0 Å². The average Bonchev–Trinajstić information content (AvgIpc) is 2.41. The molecular formula is C14H10BrCl2NO2. The van der Waals surface area contributed by atoms with Crippen molar-refractivity contribution in [2.75, 3.05) is 5.32 Å². The van der Waals surface area contributed by atoms with Crippen molar-refractivity contribution >= 4 is 50.8 Å². The van der Waals surface area contributed by atoms with Crippen molar-refractivity contribution in [3.8, 4) is 0 Å². The van der Waals surface area contributed by atoms with Gasteiger partial charge in [-0.05, 0) is 51.8 Å². The molecule has 2 aromatic rings. The number of aromatic carboxylic acids is 1. The summed E-state index contributed by atoms with van der Waals surface area (Å²) in [5, 5.41) is 13.0. The minimum atomic E-state index is -1.05. The van der Waals surface area contributed by atoms with Gasteiger partial charge in [0.1, 0.15) is 0 Å². The Labute approximate surface area is 134 Å². The summed E-state index contributed by atoms with van der Waals surface area (Å²) in [5.41, 5.74) is 1.75. The maximum Gasteiger partial charge on any atom is 0.337 e. The summed E-state index contributed by atoms with van der Waals surface area (Å²) in [6, 6.07) is 10.4. The molecule has 0 saturated carbocycles. The second-order valence-electron chi connectivity index (χ2n) is 4.10. The summed E-state index contributed by atoms with van der Waals surface area (Å²) in [4.78, 5) is 11.0. The van der Waals surface area contributed by atoms with E-state index >= 15 is 0 Å². The average molecular weight is 375 g/mol. The van der Waals surface area contributed by atoms with E-state index < -0.39 is 5.97 Å². The third kappa shape index (κ3) is 3.66. The van der Waals surface area contributed by atoms with Crippen molar-refractivity contribution in [3.63, 3.8) is 0 Å². The zero-order valence-corrected chi connectivity index (χ0v) is 13.3. The Morgan fingerprint density at radius 1 is 1.15 bits per heavy atom. The smallest absolute Gasteiger partial charge is 0.337 e. The van der Waals surface area contributed by atoms with Crippen molar-refractivity contribution in [2.45, 2.75) is 6.54 Å². The molecule has 0 heterocycles. The van der Waals surface area contributed by atoms with Gasteiger partial charge in [0.2, 0.25) is 0 Å². The fraction of sp³-hybridized carbons (Fsp3) is 0.0714. The summed E-state index contributed by atoms with van der Waals surface area (Å²) in [6.07, 6.45) is 0. The monoisotopic (exact) mass is 373 g/mol. The summed E-state index contributed by atoms with van der Waals surface area (Å²) in [7, 11) is 0. The number of anilines is 1. The highest BCUT2D eigenvalue weighted by Crippen LogP contribution is 2.24. The lowest BCUT2D eigenvalue weighted by Crippen LogP contribution is -2.02. The number of benzene rings is 2. The van der Waals surface area contributed by atoms with Crippen LogP contribution in [0.15, 0.2) is 40.9 Å². The van der Waals surface area contributed by atoms with E-state index in [0.717, 1.165) is 10.0 Å². The molecule has 0 aliphatic rings. The summed E-state index contributed by atoms with van der Waals surface area (Å²) >= 11 is 15.2. The first-order chi connectivity index (χ1) is 9.47. The second kappa shape index (κ2) is 6.48. The highest BCUT2D eigenvalue weighted by molar-refractivity contribution is 9.10. The molecule has 2 N–H and O–H groups in total. The van der Waals surface area contributed by atoms with Crippen LogP contribution in [0.3, 0.4) is 0 Å². The lowest BCUT2D eigenvalue weighted by atomic mass is 10.2. The third-order valence-electron chi connectivity index (χ3n) is 2.68. The van der Waals surface area contributed by atoms with E-state index in [1.807, 2.05) is 18.2 Å². The van der Waals surface area contributed by atoms with Crippen molar-refractivity contribution in [1.29, 1.82) is 0 Å². The molecule has 0 spiro atoms. The van der Waals surface area contributed by atoms with Crippen LogP contribution in [-0.4, -0.2) is 11.1 Å². The van der Waals surface area contributed by atoms with Crippen molar-refractivity contribution < 1.29 is 9.90 Å². The number of hydrogen-bond donors (Lipinski definition) is 2. The predicted octanol–water partition coefficient (Wildman–Crippen LogP) is 5.07. The molecule has 2 aromatic carbocycles. The van der Waals surface area contributed by atoms with Gasteiger partial charge in [0.05, 0.1) is 15.6 Å². The minimum Gasteiger partial charge on any atom is -0.478 e. The molecule has 0 unspecified atom stereocenters. The van der Waals surface area contributed by atoms with Gasteiger partial charge in [-0.3, -0.25) is 0 Å². The minimum absolute atomic E-state index is 0.0745. The molecule has 20 heavy (non-hydrogen) atoms. The Kier molecular flexibility index (Phi) is 4.91. The number of halogens is 3. The summed E-state index contributed by atoms with van der Waals surface area (Å²) in [6.45, 7) is 0.535. The fourth-order valence-corrected chi connectivity index (χ4v) is 2.30. The highest BCUT2D eigenvalue weighted by atomic mass is 79.9. The van der Waals surface area contributed by atoms with Crippen molar-refractivity contribution in [2.24, 2.45) is 0 Å². The maximum atomic E-state index is 11.0. The number of carboxylic acid groups (broad SMARTS) is 1. The van der Waals surface area contributed by atoms with Crippen LogP contribution < -0.4 is 5.32 Å². The molecule has 0 aliphatic carbocycles. The van der Waals surface area contributed by atoms with Crippen LogP contribution in [0.5, 0.6) is 0 Å². The van der Waals surface area contributed by atoms with Crippen LogP contribution in [0.4, 0.5) is 5.69 Å². The highest BCUT2D eigenvalue weighted by Gasteiger charge is 2.09. The molecule has 0 aromatic heterocycles. The van der Waals surface area contributed by atoms with E-state index in [4.69, 9.17) is 28.3 Å². The first kappa shape index (κ1) is 15.2. The Hall–Kier alpha value is -1.23. The number of carbonyl (C=O) groups is 1. The van der Waals surface area contributed by atoms with Gasteiger partial charge < -0.3 is 10.4 Å². The maximum absolute atomic E-state index is 11.0. The van der Waals surface area contributed by atoms with E-state index in [2.05, 4.69) is 21.2 Å². The van der Waals surface area contributed by atoms with Crippen molar-refractivity contribution in [3.05, 3.63) is 62.0 Å². The first-order valence-electron chi connectivity index (χ1n) is 5.68. The van der Waals surface area contributed by atoms with Gasteiger partial charge in [0, 0.05) is 16.7 Å². The van der Waals surface area contributed by atoms with Crippen LogP contribution in [0.1, 0.15) is 15.9 Å². The van der Waals surface area contributed by atoms with Crippen LogP contribution in [0, 0.1) is 0 Å². The van der Waals surface area contributed by atoms with Gasteiger partial charge in [-0.15, -0.1) is 0 Å². The SMILES string of the molecule is O=C(O)c1cc(NCc2ccc(Br)c(Cl)c2)ccc1Cl. The zero-order chi connectivity index (χ0) is 14.7. The Balaban J connectivity index is 2.12. The first-order valence-corrected chi connectivity index (χ1v) is 7.23. The standard InChI is InChI=1S/C14H10BrCl2NO2/c15-11-3-1-8(5-13(11)17)7-18-9-2-4-12(16)10(6-9)14(19)20/h1-6,18H,7H2,(H,19,20). The van der Waals surface area contributed by atoms with Crippen molar-refractivity contribution in [1.82, 2.24) is 0 Å². The normalized spacial score (nSPS) is 10.3. The van der Waals surface area contributed by atoms with Gasteiger partial charge in [-0.1, -0.05) is 29.3 Å². The van der Waals surface area contributed by atoms with Crippen LogP contribution in [-0.2, 0) is 6.54 Å². The summed E-state index contributed by atoms with van der Waals surface area (Å²) in [5.74, 6) is -1.05.